The molecule has 1 rings (SSSR count). The van der Waals surface area contributed by atoms with Crippen molar-refractivity contribution in [2.75, 3.05) is 13.7 Å². The summed E-state index contributed by atoms with van der Waals surface area (Å²) in [5.41, 5.74) is -0.331. The van der Waals surface area contributed by atoms with E-state index < -0.39 is 5.97 Å². The van der Waals surface area contributed by atoms with Crippen molar-refractivity contribution in [3.8, 4) is 0 Å². The maximum atomic E-state index is 11.9. The molecule has 2 N–H and O–H groups in total. The van der Waals surface area contributed by atoms with Gasteiger partial charge in [-0.25, -0.2) is 0 Å². The zero-order chi connectivity index (χ0) is 13.6. The van der Waals surface area contributed by atoms with Crippen LogP contribution in [-0.2, 0) is 14.3 Å². The van der Waals surface area contributed by atoms with Crippen molar-refractivity contribution in [3.05, 3.63) is 0 Å². The van der Waals surface area contributed by atoms with Gasteiger partial charge in [0.25, 0.3) is 0 Å². The first kappa shape index (κ1) is 15.0. The highest BCUT2D eigenvalue weighted by Gasteiger charge is 2.38. The highest BCUT2D eigenvalue weighted by Crippen LogP contribution is 2.43. The van der Waals surface area contributed by atoms with Crippen LogP contribution in [0, 0.1) is 5.41 Å². The summed E-state index contributed by atoms with van der Waals surface area (Å²) < 4.78 is 4.96. The molecule has 0 aromatic rings. The molecule has 1 aliphatic carbocycles. The van der Waals surface area contributed by atoms with Crippen LogP contribution in [0.4, 0.5) is 0 Å². The van der Waals surface area contributed by atoms with Crippen molar-refractivity contribution >= 4 is 11.9 Å². The van der Waals surface area contributed by atoms with E-state index in [1.54, 1.807) is 7.11 Å². The summed E-state index contributed by atoms with van der Waals surface area (Å²) >= 11 is 0. The number of methoxy groups -OCH3 is 1. The molecule has 5 nitrogen and oxygen atoms in total. The minimum Gasteiger partial charge on any atom is -0.481 e. The molecule has 0 aliphatic heterocycles. The molecule has 0 spiro atoms. The number of nitrogens with one attached hydrogen (secondary N) is 1. The fourth-order valence-electron chi connectivity index (χ4n) is 2.82. The molecule has 0 radical (unpaired) electrons. The van der Waals surface area contributed by atoms with Gasteiger partial charge in [-0.1, -0.05) is 12.8 Å². The molecule has 0 saturated heterocycles. The summed E-state index contributed by atoms with van der Waals surface area (Å²) in [4.78, 5) is 22.8. The lowest BCUT2D eigenvalue weighted by atomic mass is 9.79. The molecule has 0 bridgehead atoms. The van der Waals surface area contributed by atoms with Gasteiger partial charge in [-0.05, 0) is 25.2 Å². The van der Waals surface area contributed by atoms with E-state index in [-0.39, 0.29) is 23.8 Å². The average Bonchev–Trinajstić information content (AvgIpc) is 2.64. The number of carboxylic acids is 1. The van der Waals surface area contributed by atoms with Crippen LogP contribution in [0.3, 0.4) is 0 Å². The zero-order valence-electron chi connectivity index (χ0n) is 11.2. The highest BCUT2D eigenvalue weighted by molar-refractivity contribution is 5.78. The fourth-order valence-corrected chi connectivity index (χ4v) is 2.82. The van der Waals surface area contributed by atoms with Crippen molar-refractivity contribution < 1.29 is 19.4 Å². The lowest BCUT2D eigenvalue weighted by molar-refractivity contribution is -0.140. The van der Waals surface area contributed by atoms with Gasteiger partial charge in [0, 0.05) is 19.6 Å². The Kier molecular flexibility index (Phi) is 5.59. The van der Waals surface area contributed by atoms with Gasteiger partial charge in [0.05, 0.1) is 13.0 Å². The molecule has 0 heterocycles. The third-order valence-corrected chi connectivity index (χ3v) is 3.55. The number of amides is 1. The number of hydrogen-bond donors (Lipinski definition) is 2. The SMILES string of the molecule is COCC(C)NC(=O)CC1(CC(=O)O)CCCC1. The molecule has 1 aliphatic rings. The first-order valence-corrected chi connectivity index (χ1v) is 6.47. The van der Waals surface area contributed by atoms with Gasteiger partial charge in [-0.15, -0.1) is 0 Å². The summed E-state index contributed by atoms with van der Waals surface area (Å²) in [5, 5.41) is 11.8. The van der Waals surface area contributed by atoms with E-state index in [1.807, 2.05) is 6.92 Å². The standard InChI is InChI=1S/C13H23NO4/c1-10(9-18-2)14-11(15)7-13(8-12(16)17)5-3-4-6-13/h10H,3-9H2,1-2H3,(H,14,15)(H,16,17). The van der Waals surface area contributed by atoms with E-state index in [4.69, 9.17) is 9.84 Å². The molecule has 18 heavy (non-hydrogen) atoms. The van der Waals surface area contributed by atoms with Crippen LogP contribution in [-0.4, -0.2) is 36.7 Å². The minimum atomic E-state index is -0.811. The summed E-state index contributed by atoms with van der Waals surface area (Å²) in [6.07, 6.45) is 4.13. The van der Waals surface area contributed by atoms with E-state index in [2.05, 4.69) is 5.32 Å². The third kappa shape index (κ3) is 4.64. The number of carboxylic acid groups (broad SMARTS) is 1. The summed E-state index contributed by atoms with van der Waals surface area (Å²) in [6.45, 7) is 2.34. The molecule has 1 saturated carbocycles. The zero-order valence-corrected chi connectivity index (χ0v) is 11.2. The number of carbonyl (C=O) groups is 2. The van der Waals surface area contributed by atoms with Crippen LogP contribution < -0.4 is 5.32 Å². The van der Waals surface area contributed by atoms with E-state index in [1.165, 1.54) is 0 Å². The Balaban J connectivity index is 2.50. The minimum absolute atomic E-state index is 0.0363. The molecule has 1 atom stereocenters. The monoisotopic (exact) mass is 257 g/mol. The van der Waals surface area contributed by atoms with Gasteiger partial charge in [0.1, 0.15) is 0 Å². The Bertz CT molecular complexity index is 297. The normalized spacial score (nSPS) is 19.4. The first-order chi connectivity index (χ1) is 8.47. The van der Waals surface area contributed by atoms with Gasteiger partial charge in [-0.2, -0.15) is 0 Å². The van der Waals surface area contributed by atoms with Crippen LogP contribution in [0.25, 0.3) is 0 Å². The number of rotatable bonds is 7. The molecule has 1 fully saturated rings. The van der Waals surface area contributed by atoms with Crippen molar-refractivity contribution in [3.63, 3.8) is 0 Å². The Morgan fingerprint density at radius 2 is 1.94 bits per heavy atom. The quantitative estimate of drug-likeness (QED) is 0.725. The lowest BCUT2D eigenvalue weighted by Crippen LogP contribution is -2.39. The molecule has 0 aromatic heterocycles. The third-order valence-electron chi connectivity index (χ3n) is 3.55. The maximum Gasteiger partial charge on any atom is 0.303 e. The molecule has 104 valence electrons. The second-order valence-corrected chi connectivity index (χ2v) is 5.38. The summed E-state index contributed by atoms with van der Waals surface area (Å²) in [5.74, 6) is -0.877. The predicted octanol–water partition coefficient (Wildman–Crippen LogP) is 1.56. The Labute approximate surface area is 108 Å². The molecule has 5 heteroatoms. The molecular weight excluding hydrogens is 234 g/mol. The van der Waals surface area contributed by atoms with Crippen molar-refractivity contribution in [2.24, 2.45) is 5.41 Å². The Morgan fingerprint density at radius 1 is 1.33 bits per heavy atom. The van der Waals surface area contributed by atoms with Crippen LogP contribution in [0.1, 0.15) is 45.4 Å². The summed E-state index contributed by atoms with van der Waals surface area (Å²) in [7, 11) is 1.59. The lowest BCUT2D eigenvalue weighted by Gasteiger charge is -2.27. The van der Waals surface area contributed by atoms with Gasteiger partial charge < -0.3 is 15.2 Å². The maximum absolute atomic E-state index is 11.9. The van der Waals surface area contributed by atoms with Crippen molar-refractivity contribution in [1.82, 2.24) is 5.32 Å². The van der Waals surface area contributed by atoms with Gasteiger partial charge in [0.15, 0.2) is 0 Å². The molecular formula is C13H23NO4. The first-order valence-electron chi connectivity index (χ1n) is 6.47. The highest BCUT2D eigenvalue weighted by atomic mass is 16.5. The van der Waals surface area contributed by atoms with Gasteiger partial charge in [-0.3, -0.25) is 9.59 Å². The topological polar surface area (TPSA) is 75.6 Å². The van der Waals surface area contributed by atoms with Crippen molar-refractivity contribution in [1.29, 1.82) is 0 Å². The second kappa shape index (κ2) is 6.73. The Morgan fingerprint density at radius 3 is 2.44 bits per heavy atom. The van der Waals surface area contributed by atoms with E-state index in [9.17, 15) is 9.59 Å². The van der Waals surface area contributed by atoms with Crippen LogP contribution in [0.15, 0.2) is 0 Å². The predicted molar refractivity (Wildman–Crippen MR) is 67.3 cm³/mol. The molecule has 1 amide bonds. The number of ether oxygens (including phenoxy) is 1. The van der Waals surface area contributed by atoms with E-state index >= 15 is 0 Å². The number of carbonyl (C=O) groups excluding carboxylic acids is 1. The molecule has 1 unspecified atom stereocenters. The van der Waals surface area contributed by atoms with Crippen molar-refractivity contribution in [2.45, 2.75) is 51.5 Å². The largest absolute Gasteiger partial charge is 0.481 e. The fraction of sp³-hybridized carbons (Fsp3) is 0.846. The van der Waals surface area contributed by atoms with Crippen LogP contribution >= 0.6 is 0 Å². The van der Waals surface area contributed by atoms with Gasteiger partial charge in [0.2, 0.25) is 5.91 Å². The van der Waals surface area contributed by atoms with E-state index in [0.717, 1.165) is 25.7 Å². The van der Waals surface area contributed by atoms with Gasteiger partial charge >= 0.3 is 5.97 Å². The van der Waals surface area contributed by atoms with Crippen LogP contribution in [0.2, 0.25) is 0 Å². The second-order valence-electron chi connectivity index (χ2n) is 5.38. The molecule has 0 aromatic carbocycles. The Hall–Kier alpha value is -1.10. The summed E-state index contributed by atoms with van der Waals surface area (Å²) in [6, 6.07) is -0.0363. The number of hydrogen-bond acceptors (Lipinski definition) is 3. The van der Waals surface area contributed by atoms with E-state index in [0.29, 0.717) is 13.0 Å². The van der Waals surface area contributed by atoms with Crippen LogP contribution in [0.5, 0.6) is 0 Å². The average molecular weight is 257 g/mol. The smallest absolute Gasteiger partial charge is 0.303 e. The number of aliphatic carboxylic acids is 1.